The zero-order chi connectivity index (χ0) is 12.1. The fourth-order valence-electron chi connectivity index (χ4n) is 2.19. The average molecular weight is 235 g/mol. The van der Waals surface area contributed by atoms with Crippen LogP contribution in [0.5, 0.6) is 0 Å². The second kappa shape index (κ2) is 6.10. The van der Waals surface area contributed by atoms with Gasteiger partial charge in [-0.3, -0.25) is 9.82 Å². The molecular formula is C13H21N3O. The Labute approximate surface area is 103 Å². The van der Waals surface area contributed by atoms with Gasteiger partial charge in [0.05, 0.1) is 18.3 Å². The van der Waals surface area contributed by atoms with Crippen molar-refractivity contribution < 1.29 is 4.84 Å². The molecule has 0 aliphatic carbocycles. The molecule has 2 N–H and O–H groups in total. The minimum Gasteiger partial charge on any atom is -0.326 e. The number of aromatic nitrogens is 1. The highest BCUT2D eigenvalue weighted by molar-refractivity contribution is 5.11. The van der Waals surface area contributed by atoms with Gasteiger partial charge < -0.3 is 5.73 Å². The Morgan fingerprint density at radius 1 is 1.47 bits per heavy atom. The van der Waals surface area contributed by atoms with E-state index in [4.69, 9.17) is 10.6 Å². The molecule has 2 heterocycles. The first-order valence-corrected chi connectivity index (χ1v) is 6.39. The molecular weight excluding hydrogens is 214 g/mol. The zero-order valence-corrected chi connectivity index (χ0v) is 10.4. The van der Waals surface area contributed by atoms with Crippen molar-refractivity contribution in [1.82, 2.24) is 10.0 Å². The van der Waals surface area contributed by atoms with E-state index in [0.29, 0.717) is 0 Å². The summed E-state index contributed by atoms with van der Waals surface area (Å²) in [5.41, 5.74) is 7.22. The van der Waals surface area contributed by atoms with E-state index in [1.54, 1.807) is 0 Å². The Morgan fingerprint density at radius 2 is 2.35 bits per heavy atom. The van der Waals surface area contributed by atoms with Crippen molar-refractivity contribution in [1.29, 1.82) is 0 Å². The van der Waals surface area contributed by atoms with Crippen LogP contribution < -0.4 is 5.73 Å². The van der Waals surface area contributed by atoms with Crippen molar-refractivity contribution >= 4 is 0 Å². The summed E-state index contributed by atoms with van der Waals surface area (Å²) in [4.78, 5) is 10.2. The van der Waals surface area contributed by atoms with Crippen molar-refractivity contribution in [2.45, 2.75) is 38.3 Å². The summed E-state index contributed by atoms with van der Waals surface area (Å²) in [5, 5.41) is 2.01. The minimum absolute atomic E-state index is 0.0583. The molecule has 2 atom stereocenters. The minimum atomic E-state index is 0.0583. The van der Waals surface area contributed by atoms with E-state index < -0.39 is 0 Å². The van der Waals surface area contributed by atoms with Gasteiger partial charge in [-0.2, -0.15) is 5.06 Å². The van der Waals surface area contributed by atoms with Crippen molar-refractivity contribution in [2.24, 2.45) is 5.73 Å². The van der Waals surface area contributed by atoms with Crippen molar-refractivity contribution in [2.75, 3.05) is 13.2 Å². The van der Waals surface area contributed by atoms with E-state index in [1.807, 2.05) is 29.5 Å². The van der Waals surface area contributed by atoms with Gasteiger partial charge in [0.15, 0.2) is 0 Å². The molecule has 1 aromatic heterocycles. The van der Waals surface area contributed by atoms with Crippen LogP contribution in [0.15, 0.2) is 24.4 Å². The highest BCUT2D eigenvalue weighted by Gasteiger charge is 2.28. The van der Waals surface area contributed by atoms with Crippen LogP contribution in [0.2, 0.25) is 0 Å². The van der Waals surface area contributed by atoms with E-state index >= 15 is 0 Å². The zero-order valence-electron chi connectivity index (χ0n) is 10.4. The lowest BCUT2D eigenvalue weighted by Crippen LogP contribution is -2.43. The van der Waals surface area contributed by atoms with Gasteiger partial charge in [0.25, 0.3) is 0 Å². The Hall–Kier alpha value is -0.970. The molecule has 0 spiro atoms. The summed E-state index contributed by atoms with van der Waals surface area (Å²) < 4.78 is 0. The topological polar surface area (TPSA) is 51.4 Å². The molecule has 0 radical (unpaired) electrons. The summed E-state index contributed by atoms with van der Waals surface area (Å²) in [6.07, 6.45) is 5.03. The molecule has 1 aliphatic heterocycles. The number of pyridine rings is 1. The van der Waals surface area contributed by atoms with Gasteiger partial charge in [-0.25, -0.2) is 0 Å². The lowest BCUT2D eigenvalue weighted by Gasteiger charge is -2.36. The number of nitrogens with two attached hydrogens (primary N) is 1. The normalized spacial score (nSPS) is 21.1. The van der Waals surface area contributed by atoms with E-state index in [2.05, 4.69) is 11.9 Å². The van der Waals surface area contributed by atoms with Crippen molar-refractivity contribution in [3.63, 3.8) is 0 Å². The first-order valence-electron chi connectivity index (χ1n) is 6.39. The summed E-state index contributed by atoms with van der Waals surface area (Å²) >= 11 is 0. The standard InChI is InChI=1S/C13H21N3O/c1-2-11(14)13(12-7-3-4-8-15-12)16-9-5-6-10-17-16/h3-4,7-8,11,13H,2,5-6,9-10,14H2,1H3. The predicted octanol–water partition coefficient (Wildman–Crippen LogP) is 1.89. The molecule has 1 aliphatic rings. The molecule has 1 aromatic rings. The first kappa shape index (κ1) is 12.5. The summed E-state index contributed by atoms with van der Waals surface area (Å²) in [5.74, 6) is 0. The smallest absolute Gasteiger partial charge is 0.0923 e. The number of hydroxylamine groups is 2. The van der Waals surface area contributed by atoms with Gasteiger partial charge in [-0.15, -0.1) is 0 Å². The van der Waals surface area contributed by atoms with Crippen molar-refractivity contribution in [3.05, 3.63) is 30.1 Å². The SMILES string of the molecule is CCC(N)C(c1ccccn1)N1CCCCO1. The third kappa shape index (κ3) is 3.03. The highest BCUT2D eigenvalue weighted by atomic mass is 16.7. The van der Waals surface area contributed by atoms with Crippen LogP contribution in [0, 0.1) is 0 Å². The number of rotatable bonds is 4. The Bertz CT molecular complexity index is 325. The maximum absolute atomic E-state index is 6.22. The third-order valence-corrected chi connectivity index (χ3v) is 3.21. The fourth-order valence-corrected chi connectivity index (χ4v) is 2.19. The summed E-state index contributed by atoms with van der Waals surface area (Å²) in [7, 11) is 0. The molecule has 1 saturated heterocycles. The molecule has 0 saturated carbocycles. The van der Waals surface area contributed by atoms with Crippen LogP contribution in [0.1, 0.15) is 37.9 Å². The number of hydrogen-bond acceptors (Lipinski definition) is 4. The van der Waals surface area contributed by atoms with Gasteiger partial charge in [0.2, 0.25) is 0 Å². The molecule has 0 aromatic carbocycles. The van der Waals surface area contributed by atoms with Gasteiger partial charge in [-0.05, 0) is 31.4 Å². The van der Waals surface area contributed by atoms with Crippen LogP contribution >= 0.6 is 0 Å². The predicted molar refractivity (Wildman–Crippen MR) is 67.1 cm³/mol. The maximum Gasteiger partial charge on any atom is 0.0923 e. The Balaban J connectivity index is 2.18. The largest absolute Gasteiger partial charge is 0.326 e. The van der Waals surface area contributed by atoms with E-state index in [-0.39, 0.29) is 12.1 Å². The summed E-state index contributed by atoms with van der Waals surface area (Å²) in [6, 6.07) is 6.08. The molecule has 4 nitrogen and oxygen atoms in total. The van der Waals surface area contributed by atoms with Crippen LogP contribution in [-0.4, -0.2) is 29.2 Å². The van der Waals surface area contributed by atoms with E-state index in [1.165, 1.54) is 6.42 Å². The second-order valence-electron chi connectivity index (χ2n) is 4.45. The lowest BCUT2D eigenvalue weighted by atomic mass is 10.0. The monoisotopic (exact) mass is 235 g/mol. The molecule has 94 valence electrons. The molecule has 2 rings (SSSR count). The number of hydrogen-bond donors (Lipinski definition) is 1. The van der Waals surface area contributed by atoms with E-state index in [9.17, 15) is 0 Å². The van der Waals surface area contributed by atoms with Crippen LogP contribution in [0.25, 0.3) is 0 Å². The van der Waals surface area contributed by atoms with Crippen LogP contribution in [0.3, 0.4) is 0 Å². The van der Waals surface area contributed by atoms with Crippen LogP contribution in [-0.2, 0) is 4.84 Å². The summed E-state index contributed by atoms with van der Waals surface area (Å²) in [6.45, 7) is 3.83. The quantitative estimate of drug-likeness (QED) is 0.866. The molecule has 4 heteroatoms. The third-order valence-electron chi connectivity index (χ3n) is 3.21. The lowest BCUT2D eigenvalue weighted by molar-refractivity contribution is -0.213. The van der Waals surface area contributed by atoms with Gasteiger partial charge in [-0.1, -0.05) is 13.0 Å². The molecule has 0 bridgehead atoms. The molecule has 1 fully saturated rings. The molecule has 0 amide bonds. The van der Waals surface area contributed by atoms with Gasteiger partial charge in [0.1, 0.15) is 0 Å². The first-order chi connectivity index (χ1) is 8.33. The van der Waals surface area contributed by atoms with Crippen molar-refractivity contribution in [3.8, 4) is 0 Å². The van der Waals surface area contributed by atoms with Crippen LogP contribution in [0.4, 0.5) is 0 Å². The molecule has 17 heavy (non-hydrogen) atoms. The second-order valence-corrected chi connectivity index (χ2v) is 4.45. The highest BCUT2D eigenvalue weighted by Crippen LogP contribution is 2.26. The Morgan fingerprint density at radius 3 is 2.94 bits per heavy atom. The average Bonchev–Trinajstić information content (AvgIpc) is 2.41. The fraction of sp³-hybridized carbons (Fsp3) is 0.615. The van der Waals surface area contributed by atoms with E-state index in [0.717, 1.165) is 31.7 Å². The van der Waals surface area contributed by atoms with Gasteiger partial charge >= 0.3 is 0 Å². The van der Waals surface area contributed by atoms with Gasteiger partial charge in [0, 0.05) is 18.8 Å². The maximum atomic E-state index is 6.22. The molecule has 2 unspecified atom stereocenters. The Kier molecular flexibility index (Phi) is 4.48. The number of nitrogens with zero attached hydrogens (tertiary/aromatic N) is 2.